The summed E-state index contributed by atoms with van der Waals surface area (Å²) >= 11 is 2.16. The van der Waals surface area contributed by atoms with Crippen molar-refractivity contribution in [3.63, 3.8) is 0 Å². The summed E-state index contributed by atoms with van der Waals surface area (Å²) < 4.78 is 27.1. The molecule has 1 fully saturated rings. The highest BCUT2D eigenvalue weighted by Gasteiger charge is 2.31. The summed E-state index contributed by atoms with van der Waals surface area (Å²) in [6, 6.07) is 6.94. The molecule has 2 N–H and O–H groups in total. The van der Waals surface area contributed by atoms with Crippen molar-refractivity contribution < 1.29 is 8.42 Å². The molecular weight excluding hydrogens is 351 g/mol. The molecule has 0 spiro atoms. The first-order chi connectivity index (χ1) is 8.04. The van der Waals surface area contributed by atoms with Crippen LogP contribution in [0.5, 0.6) is 0 Å². The molecule has 1 unspecified atom stereocenters. The summed E-state index contributed by atoms with van der Waals surface area (Å²) in [4.78, 5) is 0.371. The number of halogens is 1. The monoisotopic (exact) mass is 366 g/mol. The van der Waals surface area contributed by atoms with Crippen LogP contribution in [0.4, 0.5) is 0 Å². The zero-order chi connectivity index (χ0) is 12.5. The normalized spacial score (nSPS) is 21.9. The van der Waals surface area contributed by atoms with Gasteiger partial charge < -0.3 is 5.73 Å². The van der Waals surface area contributed by atoms with E-state index in [0.717, 1.165) is 9.99 Å². The lowest BCUT2D eigenvalue weighted by molar-refractivity contribution is 0.459. The van der Waals surface area contributed by atoms with E-state index >= 15 is 0 Å². The van der Waals surface area contributed by atoms with Crippen LogP contribution in [0.25, 0.3) is 0 Å². The van der Waals surface area contributed by atoms with Gasteiger partial charge in [0.15, 0.2) is 0 Å². The predicted octanol–water partition coefficient (Wildman–Crippen LogP) is 1.26. The zero-order valence-corrected chi connectivity index (χ0v) is 12.3. The van der Waals surface area contributed by atoms with E-state index in [2.05, 4.69) is 22.6 Å². The number of nitrogens with two attached hydrogens (primary N) is 1. The van der Waals surface area contributed by atoms with Crippen LogP contribution in [0.3, 0.4) is 0 Å². The molecule has 1 aromatic carbocycles. The zero-order valence-electron chi connectivity index (χ0n) is 9.34. The van der Waals surface area contributed by atoms with Gasteiger partial charge in [-0.15, -0.1) is 0 Å². The highest BCUT2D eigenvalue weighted by Crippen LogP contribution is 2.24. The van der Waals surface area contributed by atoms with Gasteiger partial charge in [-0.1, -0.05) is 0 Å². The van der Waals surface area contributed by atoms with Gasteiger partial charge in [0.1, 0.15) is 0 Å². The summed E-state index contributed by atoms with van der Waals surface area (Å²) in [5, 5.41) is 0. The molecule has 1 aliphatic rings. The Morgan fingerprint density at radius 1 is 1.35 bits per heavy atom. The molecule has 17 heavy (non-hydrogen) atoms. The number of rotatable bonds is 3. The van der Waals surface area contributed by atoms with Crippen LogP contribution in [0, 0.1) is 9.49 Å². The minimum absolute atomic E-state index is 0.300. The SMILES string of the molecule is NCC1CCN(S(=O)(=O)c2ccc(I)cc2)C1. The maximum absolute atomic E-state index is 12.3. The highest BCUT2D eigenvalue weighted by atomic mass is 127. The van der Waals surface area contributed by atoms with Gasteiger partial charge in [-0.05, 0) is 65.7 Å². The van der Waals surface area contributed by atoms with Gasteiger partial charge in [0, 0.05) is 16.7 Å². The van der Waals surface area contributed by atoms with E-state index in [1.54, 1.807) is 12.1 Å². The maximum atomic E-state index is 12.3. The van der Waals surface area contributed by atoms with E-state index in [9.17, 15) is 8.42 Å². The fraction of sp³-hybridized carbons (Fsp3) is 0.455. The topological polar surface area (TPSA) is 63.4 Å². The largest absolute Gasteiger partial charge is 0.330 e. The molecule has 1 saturated heterocycles. The fourth-order valence-electron chi connectivity index (χ4n) is 1.96. The third-order valence-corrected chi connectivity index (χ3v) is 5.63. The Kier molecular flexibility index (Phi) is 4.06. The summed E-state index contributed by atoms with van der Waals surface area (Å²) in [5.41, 5.74) is 5.58. The van der Waals surface area contributed by atoms with E-state index in [1.807, 2.05) is 12.1 Å². The Hall–Kier alpha value is -0.180. The summed E-state index contributed by atoms with van der Waals surface area (Å²) in [7, 11) is -3.32. The van der Waals surface area contributed by atoms with Crippen molar-refractivity contribution in [3.05, 3.63) is 27.8 Å². The first kappa shape index (κ1) is 13.3. The molecule has 94 valence electrons. The third-order valence-electron chi connectivity index (χ3n) is 3.03. The first-order valence-electron chi connectivity index (χ1n) is 5.50. The number of benzene rings is 1. The number of nitrogens with zero attached hydrogens (tertiary/aromatic N) is 1. The molecule has 0 radical (unpaired) electrons. The molecule has 4 nitrogen and oxygen atoms in total. The van der Waals surface area contributed by atoms with Crippen molar-refractivity contribution in [1.82, 2.24) is 4.31 Å². The second-order valence-electron chi connectivity index (χ2n) is 4.21. The summed E-state index contributed by atoms with van der Waals surface area (Å²) in [6.07, 6.45) is 0.861. The first-order valence-corrected chi connectivity index (χ1v) is 8.01. The molecule has 0 amide bonds. The van der Waals surface area contributed by atoms with Crippen LogP contribution < -0.4 is 5.73 Å². The predicted molar refractivity (Wildman–Crippen MR) is 75.1 cm³/mol. The molecule has 0 aliphatic carbocycles. The van der Waals surface area contributed by atoms with Crippen LogP contribution in [0.15, 0.2) is 29.2 Å². The van der Waals surface area contributed by atoms with Crippen LogP contribution in [0.1, 0.15) is 6.42 Å². The molecular formula is C11H15IN2O2S. The van der Waals surface area contributed by atoms with E-state index in [0.29, 0.717) is 30.4 Å². The quantitative estimate of drug-likeness (QED) is 0.820. The molecule has 1 aromatic rings. The molecule has 0 bridgehead atoms. The van der Waals surface area contributed by atoms with Gasteiger partial charge in [-0.25, -0.2) is 8.42 Å². The number of hydrogen-bond acceptors (Lipinski definition) is 3. The number of hydrogen-bond donors (Lipinski definition) is 1. The lowest BCUT2D eigenvalue weighted by Gasteiger charge is -2.16. The minimum Gasteiger partial charge on any atom is -0.330 e. The van der Waals surface area contributed by atoms with Crippen LogP contribution in [0.2, 0.25) is 0 Å². The van der Waals surface area contributed by atoms with Crippen LogP contribution >= 0.6 is 22.6 Å². The van der Waals surface area contributed by atoms with Crippen LogP contribution in [-0.2, 0) is 10.0 Å². The lowest BCUT2D eigenvalue weighted by Crippen LogP contribution is -2.30. The highest BCUT2D eigenvalue weighted by molar-refractivity contribution is 14.1. The van der Waals surface area contributed by atoms with E-state index in [-0.39, 0.29) is 0 Å². The van der Waals surface area contributed by atoms with E-state index in [4.69, 9.17) is 5.73 Å². The third kappa shape index (κ3) is 2.81. The maximum Gasteiger partial charge on any atom is 0.243 e. The van der Waals surface area contributed by atoms with Gasteiger partial charge in [0.25, 0.3) is 0 Å². The molecule has 1 aliphatic heterocycles. The molecule has 0 aromatic heterocycles. The molecule has 0 saturated carbocycles. The Morgan fingerprint density at radius 3 is 2.53 bits per heavy atom. The average molecular weight is 366 g/mol. The molecule has 1 atom stereocenters. The van der Waals surface area contributed by atoms with Gasteiger partial charge >= 0.3 is 0 Å². The average Bonchev–Trinajstić information content (AvgIpc) is 2.78. The minimum atomic E-state index is -3.32. The van der Waals surface area contributed by atoms with Gasteiger partial charge in [0.05, 0.1) is 4.90 Å². The fourth-order valence-corrected chi connectivity index (χ4v) is 3.85. The van der Waals surface area contributed by atoms with Crippen LogP contribution in [-0.4, -0.2) is 32.4 Å². The molecule has 6 heteroatoms. The van der Waals surface area contributed by atoms with Crippen molar-refractivity contribution in [1.29, 1.82) is 0 Å². The summed E-state index contributed by atoms with van der Waals surface area (Å²) in [6.45, 7) is 1.68. The Bertz CT molecular complexity index is 487. The van der Waals surface area contributed by atoms with Crippen molar-refractivity contribution in [2.45, 2.75) is 11.3 Å². The number of sulfonamides is 1. The van der Waals surface area contributed by atoms with E-state index in [1.165, 1.54) is 4.31 Å². The Labute approximate surface area is 115 Å². The molecule has 2 rings (SSSR count). The second-order valence-corrected chi connectivity index (χ2v) is 7.39. The second kappa shape index (κ2) is 5.21. The Morgan fingerprint density at radius 2 is 2.00 bits per heavy atom. The van der Waals surface area contributed by atoms with Gasteiger partial charge in [-0.2, -0.15) is 4.31 Å². The van der Waals surface area contributed by atoms with Crippen molar-refractivity contribution in [3.8, 4) is 0 Å². The lowest BCUT2D eigenvalue weighted by atomic mass is 10.1. The van der Waals surface area contributed by atoms with Gasteiger partial charge in [0.2, 0.25) is 10.0 Å². The van der Waals surface area contributed by atoms with Crippen molar-refractivity contribution in [2.24, 2.45) is 11.7 Å². The van der Waals surface area contributed by atoms with Crippen molar-refractivity contribution in [2.75, 3.05) is 19.6 Å². The summed E-state index contributed by atoms with van der Waals surface area (Å²) in [5.74, 6) is 0.300. The van der Waals surface area contributed by atoms with E-state index < -0.39 is 10.0 Å². The standard InChI is InChI=1S/C11H15IN2O2S/c12-10-1-3-11(4-2-10)17(15,16)14-6-5-9(7-13)8-14/h1-4,9H,5-8,13H2. The smallest absolute Gasteiger partial charge is 0.243 e. The van der Waals surface area contributed by atoms with Gasteiger partial charge in [-0.3, -0.25) is 0 Å². The Balaban J connectivity index is 2.22. The molecule has 1 heterocycles. The van der Waals surface area contributed by atoms with Crippen molar-refractivity contribution >= 4 is 32.6 Å².